The summed E-state index contributed by atoms with van der Waals surface area (Å²) in [5.41, 5.74) is 4.98. The predicted molar refractivity (Wildman–Crippen MR) is 103 cm³/mol. The smallest absolute Gasteiger partial charge is 0.336 e. The van der Waals surface area contributed by atoms with Gasteiger partial charge in [0.25, 0.3) is 0 Å². The lowest BCUT2D eigenvalue weighted by Crippen LogP contribution is -2.21. The maximum atomic E-state index is 11.9. The minimum atomic E-state index is -0.292. The molecule has 0 aliphatic rings. The van der Waals surface area contributed by atoms with Crippen LogP contribution in [0.1, 0.15) is 48.1 Å². The van der Waals surface area contributed by atoms with Gasteiger partial charge in [-0.1, -0.05) is 43.7 Å². The van der Waals surface area contributed by atoms with Crippen LogP contribution in [0.5, 0.6) is 0 Å². The second-order valence-electron chi connectivity index (χ2n) is 6.66. The van der Waals surface area contributed by atoms with Crippen molar-refractivity contribution in [1.29, 1.82) is 0 Å². The molecule has 0 aliphatic carbocycles. The lowest BCUT2D eigenvalue weighted by atomic mass is 10.0. The van der Waals surface area contributed by atoms with E-state index in [1.807, 2.05) is 19.1 Å². The lowest BCUT2D eigenvalue weighted by Gasteiger charge is -2.19. The van der Waals surface area contributed by atoms with Crippen molar-refractivity contribution in [3.05, 3.63) is 81.2 Å². The van der Waals surface area contributed by atoms with Gasteiger partial charge in [0.2, 0.25) is 0 Å². The van der Waals surface area contributed by atoms with Crippen LogP contribution < -0.4 is 10.9 Å². The fraction of sp³-hybridized carbons (Fsp3) is 0.318. The minimum absolute atomic E-state index is 0.278. The van der Waals surface area contributed by atoms with Crippen molar-refractivity contribution in [2.75, 3.05) is 0 Å². The molecule has 0 spiro atoms. The third-order valence-electron chi connectivity index (χ3n) is 4.76. The molecule has 0 unspecified atom stereocenters. The summed E-state index contributed by atoms with van der Waals surface area (Å²) in [4.78, 5) is 11.9. The Morgan fingerprint density at radius 2 is 1.76 bits per heavy atom. The Bertz CT molecular complexity index is 912. The Labute approximate surface area is 148 Å². The predicted octanol–water partition coefficient (Wildman–Crippen LogP) is 5.04. The van der Waals surface area contributed by atoms with Crippen molar-refractivity contribution >= 4 is 11.0 Å². The molecular weight excluding hydrogens is 310 g/mol. The Morgan fingerprint density at radius 1 is 1.04 bits per heavy atom. The van der Waals surface area contributed by atoms with Crippen molar-refractivity contribution in [2.24, 2.45) is 0 Å². The summed E-state index contributed by atoms with van der Waals surface area (Å²) in [5.74, 6) is 0. The van der Waals surface area contributed by atoms with Crippen LogP contribution in [0.4, 0.5) is 0 Å². The van der Waals surface area contributed by atoms with E-state index < -0.39 is 0 Å². The Kier molecular flexibility index (Phi) is 5.34. The first-order valence-corrected chi connectivity index (χ1v) is 8.90. The quantitative estimate of drug-likeness (QED) is 0.642. The van der Waals surface area contributed by atoms with Crippen molar-refractivity contribution in [2.45, 2.75) is 46.2 Å². The molecule has 25 heavy (non-hydrogen) atoms. The maximum Gasteiger partial charge on any atom is 0.336 e. The first-order valence-electron chi connectivity index (χ1n) is 8.90. The average molecular weight is 335 g/mol. The van der Waals surface area contributed by atoms with Crippen LogP contribution in [0.25, 0.3) is 11.0 Å². The number of hydrogen-bond donors (Lipinski definition) is 1. The number of hydrogen-bond acceptors (Lipinski definition) is 3. The van der Waals surface area contributed by atoms with Gasteiger partial charge in [-0.25, -0.2) is 4.79 Å². The molecule has 3 rings (SSSR count). The molecule has 3 nitrogen and oxygen atoms in total. The molecular formula is C22H25NO2. The zero-order valence-corrected chi connectivity index (χ0v) is 15.1. The van der Waals surface area contributed by atoms with Gasteiger partial charge >= 0.3 is 5.63 Å². The molecule has 1 heterocycles. The van der Waals surface area contributed by atoms with E-state index in [1.54, 1.807) is 6.07 Å². The first-order chi connectivity index (χ1) is 12.1. The molecule has 130 valence electrons. The van der Waals surface area contributed by atoms with Crippen LogP contribution in [0.15, 0.2) is 57.7 Å². The lowest BCUT2D eigenvalue weighted by molar-refractivity contribution is 0.491. The summed E-state index contributed by atoms with van der Waals surface area (Å²) in [6, 6.07) is 16.4. The normalized spacial score (nSPS) is 12.4. The van der Waals surface area contributed by atoms with Crippen molar-refractivity contribution in [3.63, 3.8) is 0 Å². The fourth-order valence-electron chi connectivity index (χ4n) is 3.22. The monoisotopic (exact) mass is 335 g/mol. The molecule has 0 saturated heterocycles. The molecule has 0 fully saturated rings. The molecule has 0 radical (unpaired) electrons. The van der Waals surface area contributed by atoms with Gasteiger partial charge in [-0.15, -0.1) is 0 Å². The highest BCUT2D eigenvalue weighted by atomic mass is 16.4. The molecule has 3 aromatic rings. The van der Waals surface area contributed by atoms with Crippen LogP contribution in [-0.4, -0.2) is 0 Å². The van der Waals surface area contributed by atoms with Crippen molar-refractivity contribution in [3.8, 4) is 0 Å². The fourth-order valence-corrected chi connectivity index (χ4v) is 3.22. The largest absolute Gasteiger partial charge is 0.423 e. The molecule has 1 N–H and O–H groups in total. The third kappa shape index (κ3) is 3.99. The van der Waals surface area contributed by atoms with Crippen LogP contribution >= 0.6 is 0 Å². The van der Waals surface area contributed by atoms with Gasteiger partial charge in [-0.05, 0) is 54.7 Å². The highest BCUT2D eigenvalue weighted by molar-refractivity contribution is 5.81. The second-order valence-corrected chi connectivity index (χ2v) is 6.66. The number of aryl methyl sites for hydroxylation is 2. The summed E-state index contributed by atoms with van der Waals surface area (Å²) >= 11 is 0. The topological polar surface area (TPSA) is 42.2 Å². The highest BCUT2D eigenvalue weighted by Gasteiger charge is 2.12. The number of nitrogens with one attached hydrogen (secondary N) is 1. The number of rotatable bonds is 6. The molecule has 1 aromatic heterocycles. The van der Waals surface area contributed by atoms with Gasteiger partial charge in [0.15, 0.2) is 0 Å². The maximum absolute atomic E-state index is 11.9. The van der Waals surface area contributed by atoms with E-state index >= 15 is 0 Å². The van der Waals surface area contributed by atoms with Crippen molar-refractivity contribution < 1.29 is 4.42 Å². The molecule has 0 saturated carbocycles. The SMILES string of the molecule is CCC[C@@H](NCc1cc(=O)oc2cc(C)c(C)cc12)c1ccccc1. The summed E-state index contributed by atoms with van der Waals surface area (Å²) in [5, 5.41) is 4.64. The molecule has 0 aliphatic heterocycles. The summed E-state index contributed by atoms with van der Waals surface area (Å²) in [6.07, 6.45) is 2.16. The number of fused-ring (bicyclic) bond motifs is 1. The van der Waals surface area contributed by atoms with Crippen LogP contribution in [-0.2, 0) is 6.54 Å². The summed E-state index contributed by atoms with van der Waals surface area (Å²) < 4.78 is 5.39. The van der Waals surface area contributed by atoms with Gasteiger partial charge in [0, 0.05) is 24.0 Å². The van der Waals surface area contributed by atoms with Gasteiger partial charge in [0.1, 0.15) is 5.58 Å². The molecule has 2 aromatic carbocycles. The van der Waals surface area contributed by atoms with Gasteiger partial charge in [-0.2, -0.15) is 0 Å². The molecule has 0 amide bonds. The second kappa shape index (κ2) is 7.66. The van der Waals surface area contributed by atoms with E-state index in [4.69, 9.17) is 4.42 Å². The first kappa shape index (κ1) is 17.4. The van der Waals surface area contributed by atoms with E-state index in [0.29, 0.717) is 12.1 Å². The minimum Gasteiger partial charge on any atom is -0.423 e. The molecule has 0 bridgehead atoms. The highest BCUT2D eigenvalue weighted by Crippen LogP contribution is 2.23. The van der Waals surface area contributed by atoms with Crippen LogP contribution in [0, 0.1) is 13.8 Å². The molecule has 1 atom stereocenters. The zero-order chi connectivity index (χ0) is 17.8. The van der Waals surface area contributed by atoms with Gasteiger partial charge in [0.05, 0.1) is 0 Å². The Balaban J connectivity index is 1.91. The summed E-state index contributed by atoms with van der Waals surface area (Å²) in [7, 11) is 0. The van der Waals surface area contributed by atoms with E-state index in [-0.39, 0.29) is 11.7 Å². The third-order valence-corrected chi connectivity index (χ3v) is 4.76. The Hall–Kier alpha value is -2.39. The van der Waals surface area contributed by atoms with Crippen LogP contribution in [0.2, 0.25) is 0 Å². The zero-order valence-electron chi connectivity index (χ0n) is 15.1. The van der Waals surface area contributed by atoms with E-state index in [9.17, 15) is 4.79 Å². The van der Waals surface area contributed by atoms with Gasteiger partial charge in [-0.3, -0.25) is 0 Å². The van der Waals surface area contributed by atoms with Gasteiger partial charge < -0.3 is 9.73 Å². The van der Waals surface area contributed by atoms with E-state index in [2.05, 4.69) is 49.5 Å². The number of benzene rings is 2. The summed E-state index contributed by atoms with van der Waals surface area (Å²) in [6.45, 7) is 6.95. The standard InChI is InChI=1S/C22H25NO2/c1-4-8-20(17-9-6-5-7-10-17)23-14-18-13-22(24)25-21-12-16(3)15(2)11-19(18)21/h5-7,9-13,20,23H,4,8,14H2,1-3H3/t20-/m1/s1. The van der Waals surface area contributed by atoms with E-state index in [0.717, 1.165) is 29.4 Å². The van der Waals surface area contributed by atoms with Crippen molar-refractivity contribution in [1.82, 2.24) is 5.32 Å². The molecule has 3 heteroatoms. The van der Waals surface area contributed by atoms with E-state index in [1.165, 1.54) is 11.1 Å². The Morgan fingerprint density at radius 3 is 2.48 bits per heavy atom. The average Bonchev–Trinajstić information content (AvgIpc) is 2.60. The van der Waals surface area contributed by atoms with Crippen LogP contribution in [0.3, 0.4) is 0 Å².